The van der Waals surface area contributed by atoms with Gasteiger partial charge in [0.1, 0.15) is 0 Å². The molecule has 0 saturated heterocycles. The van der Waals surface area contributed by atoms with Crippen molar-refractivity contribution in [1.29, 1.82) is 0 Å². The second kappa shape index (κ2) is 5.41. The van der Waals surface area contributed by atoms with Crippen LogP contribution in [0.15, 0.2) is 42.7 Å². The third kappa shape index (κ3) is 3.12. The first-order valence-electron chi connectivity index (χ1n) is 6.53. The largest absolute Gasteiger partial charge is 0.398 e. The number of nitrogens with two attached hydrogens (primary N) is 1. The predicted molar refractivity (Wildman–Crippen MR) is 77.7 cm³/mol. The number of aromatic nitrogens is 1. The first-order valence-corrected chi connectivity index (χ1v) is 6.53. The summed E-state index contributed by atoms with van der Waals surface area (Å²) in [4.78, 5) is 4.06. The minimum atomic E-state index is -0.941. The Morgan fingerprint density at radius 3 is 2.47 bits per heavy atom. The van der Waals surface area contributed by atoms with E-state index in [9.17, 15) is 5.11 Å². The highest BCUT2D eigenvalue weighted by molar-refractivity contribution is 5.45. The van der Waals surface area contributed by atoms with Crippen LogP contribution in [0.1, 0.15) is 30.5 Å². The molecule has 0 fully saturated rings. The molecule has 1 aromatic heterocycles. The molecule has 2 rings (SSSR count). The fourth-order valence-corrected chi connectivity index (χ4v) is 2.16. The molecule has 3 nitrogen and oxygen atoms in total. The molecule has 3 heteroatoms. The topological polar surface area (TPSA) is 59.1 Å². The highest BCUT2D eigenvalue weighted by Crippen LogP contribution is 2.27. The SMILES string of the molecule is CCc1ccc(C(C)(O)Cc2cnccc2N)cc1. The Bertz CT molecular complexity index is 547. The summed E-state index contributed by atoms with van der Waals surface area (Å²) in [5.74, 6) is 0. The smallest absolute Gasteiger partial charge is 0.0910 e. The molecule has 0 spiro atoms. The van der Waals surface area contributed by atoms with E-state index in [4.69, 9.17) is 5.73 Å². The van der Waals surface area contributed by atoms with Crippen molar-refractivity contribution in [2.24, 2.45) is 0 Å². The Morgan fingerprint density at radius 1 is 1.21 bits per heavy atom. The molecule has 19 heavy (non-hydrogen) atoms. The van der Waals surface area contributed by atoms with Gasteiger partial charge >= 0.3 is 0 Å². The van der Waals surface area contributed by atoms with Gasteiger partial charge in [-0.25, -0.2) is 0 Å². The summed E-state index contributed by atoms with van der Waals surface area (Å²) in [6, 6.07) is 9.81. The molecule has 0 bridgehead atoms. The van der Waals surface area contributed by atoms with Crippen molar-refractivity contribution in [2.75, 3.05) is 5.73 Å². The summed E-state index contributed by atoms with van der Waals surface area (Å²) in [6.07, 6.45) is 4.82. The first kappa shape index (κ1) is 13.6. The number of aryl methyl sites for hydroxylation is 1. The maximum absolute atomic E-state index is 10.6. The predicted octanol–water partition coefficient (Wildman–Crippen LogP) is 2.68. The number of hydrogen-bond donors (Lipinski definition) is 2. The Kier molecular flexibility index (Phi) is 3.86. The zero-order valence-electron chi connectivity index (χ0n) is 11.4. The second-order valence-corrected chi connectivity index (χ2v) is 5.08. The molecule has 1 heterocycles. The van der Waals surface area contributed by atoms with Gasteiger partial charge in [-0.2, -0.15) is 0 Å². The van der Waals surface area contributed by atoms with Crippen LogP contribution in [0.5, 0.6) is 0 Å². The lowest BCUT2D eigenvalue weighted by atomic mass is 9.88. The van der Waals surface area contributed by atoms with Crippen LogP contribution in [0.3, 0.4) is 0 Å². The van der Waals surface area contributed by atoms with Crippen molar-refractivity contribution in [3.63, 3.8) is 0 Å². The summed E-state index contributed by atoms with van der Waals surface area (Å²) in [5, 5.41) is 10.6. The lowest BCUT2D eigenvalue weighted by Gasteiger charge is -2.24. The van der Waals surface area contributed by atoms with Gasteiger partial charge in [0, 0.05) is 24.5 Å². The zero-order valence-corrected chi connectivity index (χ0v) is 11.4. The maximum atomic E-state index is 10.6. The third-order valence-electron chi connectivity index (χ3n) is 3.46. The molecule has 0 saturated carbocycles. The normalized spacial score (nSPS) is 14.1. The number of hydrogen-bond acceptors (Lipinski definition) is 3. The van der Waals surface area contributed by atoms with Crippen molar-refractivity contribution in [1.82, 2.24) is 4.98 Å². The molecule has 0 amide bonds. The van der Waals surface area contributed by atoms with Gasteiger partial charge in [0.15, 0.2) is 0 Å². The molecular formula is C16H20N2O. The van der Waals surface area contributed by atoms with E-state index in [0.29, 0.717) is 12.1 Å². The van der Waals surface area contributed by atoms with Crippen LogP contribution in [0.4, 0.5) is 5.69 Å². The van der Waals surface area contributed by atoms with E-state index in [1.165, 1.54) is 5.56 Å². The fourth-order valence-electron chi connectivity index (χ4n) is 2.16. The van der Waals surface area contributed by atoms with Crippen molar-refractivity contribution in [2.45, 2.75) is 32.3 Å². The molecule has 3 N–H and O–H groups in total. The van der Waals surface area contributed by atoms with E-state index in [0.717, 1.165) is 17.5 Å². The van der Waals surface area contributed by atoms with E-state index in [1.54, 1.807) is 25.4 Å². The highest BCUT2D eigenvalue weighted by atomic mass is 16.3. The van der Waals surface area contributed by atoms with Crippen LogP contribution < -0.4 is 5.73 Å². The van der Waals surface area contributed by atoms with E-state index in [-0.39, 0.29) is 0 Å². The van der Waals surface area contributed by atoms with Crippen LogP contribution in [0.25, 0.3) is 0 Å². The number of anilines is 1. The number of rotatable bonds is 4. The molecule has 1 aromatic carbocycles. The number of nitrogen functional groups attached to an aromatic ring is 1. The van der Waals surface area contributed by atoms with Gasteiger partial charge in [-0.3, -0.25) is 4.98 Å². The van der Waals surface area contributed by atoms with Crippen LogP contribution in [0, 0.1) is 0 Å². The average Bonchev–Trinajstić information content (AvgIpc) is 2.41. The first-order chi connectivity index (χ1) is 9.03. The minimum absolute atomic E-state index is 0.456. The standard InChI is InChI=1S/C16H20N2O/c1-3-12-4-6-14(7-5-12)16(2,19)10-13-11-18-9-8-15(13)17/h4-9,11,19H,3,10H2,1-2H3,(H2,17,18). The fraction of sp³-hybridized carbons (Fsp3) is 0.312. The molecule has 1 unspecified atom stereocenters. The monoisotopic (exact) mass is 256 g/mol. The van der Waals surface area contributed by atoms with Gasteiger partial charge < -0.3 is 10.8 Å². The second-order valence-electron chi connectivity index (χ2n) is 5.08. The van der Waals surface area contributed by atoms with Crippen molar-refractivity contribution in [3.8, 4) is 0 Å². The Labute approximate surface area is 114 Å². The van der Waals surface area contributed by atoms with Crippen LogP contribution >= 0.6 is 0 Å². The highest BCUT2D eigenvalue weighted by Gasteiger charge is 2.24. The van der Waals surface area contributed by atoms with Crippen molar-refractivity contribution >= 4 is 5.69 Å². The number of benzene rings is 1. The zero-order chi connectivity index (χ0) is 13.9. The lowest BCUT2D eigenvalue weighted by molar-refractivity contribution is 0.0577. The van der Waals surface area contributed by atoms with E-state index in [1.807, 2.05) is 12.1 Å². The third-order valence-corrected chi connectivity index (χ3v) is 3.46. The number of aliphatic hydroxyl groups is 1. The minimum Gasteiger partial charge on any atom is -0.398 e. The number of pyridine rings is 1. The van der Waals surface area contributed by atoms with Crippen LogP contribution in [-0.2, 0) is 18.4 Å². The van der Waals surface area contributed by atoms with Gasteiger partial charge in [-0.05, 0) is 36.1 Å². The summed E-state index contributed by atoms with van der Waals surface area (Å²) in [5.41, 5.74) is 8.65. The molecule has 1 atom stereocenters. The summed E-state index contributed by atoms with van der Waals surface area (Å²) < 4.78 is 0. The van der Waals surface area contributed by atoms with Crippen LogP contribution in [-0.4, -0.2) is 10.1 Å². The van der Waals surface area contributed by atoms with Gasteiger partial charge in [-0.1, -0.05) is 31.2 Å². The summed E-state index contributed by atoms with van der Waals surface area (Å²) in [6.45, 7) is 3.92. The Balaban J connectivity index is 2.24. The summed E-state index contributed by atoms with van der Waals surface area (Å²) in [7, 11) is 0. The maximum Gasteiger partial charge on any atom is 0.0910 e. The average molecular weight is 256 g/mol. The quantitative estimate of drug-likeness (QED) is 0.884. The molecule has 0 aliphatic carbocycles. The van der Waals surface area contributed by atoms with E-state index < -0.39 is 5.60 Å². The van der Waals surface area contributed by atoms with E-state index in [2.05, 4.69) is 24.0 Å². The van der Waals surface area contributed by atoms with Crippen molar-refractivity contribution in [3.05, 3.63) is 59.4 Å². The number of nitrogens with zero attached hydrogens (tertiary/aromatic N) is 1. The van der Waals surface area contributed by atoms with Gasteiger partial charge in [0.05, 0.1) is 5.60 Å². The molecule has 0 aliphatic heterocycles. The van der Waals surface area contributed by atoms with Crippen LogP contribution in [0.2, 0.25) is 0 Å². The summed E-state index contributed by atoms with van der Waals surface area (Å²) >= 11 is 0. The Morgan fingerprint density at radius 2 is 1.89 bits per heavy atom. The van der Waals surface area contributed by atoms with Gasteiger partial charge in [0.2, 0.25) is 0 Å². The van der Waals surface area contributed by atoms with Gasteiger partial charge in [0.25, 0.3) is 0 Å². The van der Waals surface area contributed by atoms with E-state index >= 15 is 0 Å². The molecule has 100 valence electrons. The Hall–Kier alpha value is -1.87. The molecule has 2 aromatic rings. The molecular weight excluding hydrogens is 236 g/mol. The molecule has 0 aliphatic rings. The van der Waals surface area contributed by atoms with Crippen molar-refractivity contribution < 1.29 is 5.11 Å². The molecule has 0 radical (unpaired) electrons. The lowest BCUT2D eigenvalue weighted by Crippen LogP contribution is -2.24. The van der Waals surface area contributed by atoms with Gasteiger partial charge in [-0.15, -0.1) is 0 Å².